The summed E-state index contributed by atoms with van der Waals surface area (Å²) in [6.45, 7) is 6.03. The highest BCUT2D eigenvalue weighted by atomic mass is 79.9. The van der Waals surface area contributed by atoms with E-state index in [0.29, 0.717) is 0 Å². The van der Waals surface area contributed by atoms with E-state index in [1.54, 1.807) is 0 Å². The molecule has 0 spiro atoms. The number of para-hydroxylation sites is 1. The van der Waals surface area contributed by atoms with Crippen molar-refractivity contribution >= 4 is 27.3 Å². The summed E-state index contributed by atoms with van der Waals surface area (Å²) in [6, 6.07) is 18.9. The summed E-state index contributed by atoms with van der Waals surface area (Å²) >= 11 is 3.47. The monoisotopic (exact) mass is 357 g/mol. The molecule has 0 atom stereocenters. The van der Waals surface area contributed by atoms with Gasteiger partial charge in [-0.3, -0.25) is 5.01 Å². The average molecular weight is 358 g/mol. The van der Waals surface area contributed by atoms with Gasteiger partial charge < -0.3 is 4.90 Å². The van der Waals surface area contributed by atoms with Gasteiger partial charge in [0.2, 0.25) is 0 Å². The number of hydrazone groups is 1. The van der Waals surface area contributed by atoms with Crippen molar-refractivity contribution in [3.8, 4) is 0 Å². The molecule has 0 aliphatic carbocycles. The first-order valence-electron chi connectivity index (χ1n) is 7.58. The lowest BCUT2D eigenvalue weighted by molar-refractivity contribution is 0.270. The summed E-state index contributed by atoms with van der Waals surface area (Å²) in [4.78, 5) is 2.42. The molecule has 4 heteroatoms. The average Bonchev–Trinajstić information content (AvgIpc) is 2.57. The van der Waals surface area contributed by atoms with Gasteiger partial charge in [0.25, 0.3) is 0 Å². The van der Waals surface area contributed by atoms with E-state index in [-0.39, 0.29) is 0 Å². The van der Waals surface area contributed by atoms with E-state index >= 15 is 0 Å². The highest BCUT2D eigenvalue weighted by Crippen LogP contribution is 2.16. The van der Waals surface area contributed by atoms with Crippen molar-refractivity contribution in [2.24, 2.45) is 5.10 Å². The molecule has 0 unspecified atom stereocenters. The Balaban J connectivity index is 1.61. The highest BCUT2D eigenvalue weighted by Gasteiger charge is 2.15. The van der Waals surface area contributed by atoms with Gasteiger partial charge in [0.1, 0.15) is 0 Å². The van der Waals surface area contributed by atoms with Crippen LogP contribution in [-0.2, 0) is 0 Å². The normalized spacial score (nSPS) is 16.0. The Morgan fingerprint density at radius 3 is 2.18 bits per heavy atom. The number of benzene rings is 2. The quantitative estimate of drug-likeness (QED) is 0.773. The van der Waals surface area contributed by atoms with Crippen molar-refractivity contribution < 1.29 is 0 Å². The van der Waals surface area contributed by atoms with Gasteiger partial charge in [-0.2, -0.15) is 5.10 Å². The SMILES string of the molecule is C/C(=N/N1CCN(c2ccccc2)CC1)c1ccc(Br)cc1. The number of anilines is 1. The van der Waals surface area contributed by atoms with Crippen molar-refractivity contribution in [1.29, 1.82) is 0 Å². The first-order chi connectivity index (χ1) is 10.7. The van der Waals surface area contributed by atoms with Gasteiger partial charge in [-0.25, -0.2) is 0 Å². The maximum absolute atomic E-state index is 4.77. The van der Waals surface area contributed by atoms with Gasteiger partial charge in [-0.15, -0.1) is 0 Å². The molecular weight excluding hydrogens is 338 g/mol. The van der Waals surface area contributed by atoms with E-state index in [1.807, 2.05) is 0 Å². The number of halogens is 1. The number of hydrogen-bond donors (Lipinski definition) is 0. The van der Waals surface area contributed by atoms with E-state index in [1.165, 1.54) is 11.3 Å². The highest BCUT2D eigenvalue weighted by molar-refractivity contribution is 9.10. The number of hydrogen-bond acceptors (Lipinski definition) is 3. The molecule has 2 aromatic rings. The van der Waals surface area contributed by atoms with Crippen LogP contribution < -0.4 is 4.90 Å². The van der Waals surface area contributed by atoms with Crippen LogP contribution in [0.4, 0.5) is 5.69 Å². The third-order valence-corrected chi connectivity index (χ3v) is 4.46. The van der Waals surface area contributed by atoms with E-state index < -0.39 is 0 Å². The van der Waals surface area contributed by atoms with Gasteiger partial charge in [0.05, 0.1) is 18.8 Å². The molecule has 22 heavy (non-hydrogen) atoms. The summed E-state index contributed by atoms with van der Waals surface area (Å²) in [5.74, 6) is 0. The molecule has 0 radical (unpaired) electrons. The fourth-order valence-corrected chi connectivity index (χ4v) is 2.92. The van der Waals surface area contributed by atoms with Crippen molar-refractivity contribution in [3.05, 3.63) is 64.6 Å². The predicted molar refractivity (Wildman–Crippen MR) is 96.6 cm³/mol. The Bertz CT molecular complexity index is 629. The van der Waals surface area contributed by atoms with Crippen LogP contribution in [0, 0.1) is 0 Å². The van der Waals surface area contributed by atoms with Crippen molar-refractivity contribution in [1.82, 2.24) is 5.01 Å². The Morgan fingerprint density at radius 1 is 0.909 bits per heavy atom. The Morgan fingerprint density at radius 2 is 1.55 bits per heavy atom. The Hall–Kier alpha value is -1.81. The molecule has 0 bridgehead atoms. The maximum Gasteiger partial charge on any atom is 0.0646 e. The molecule has 0 amide bonds. The second-order valence-corrected chi connectivity index (χ2v) is 6.38. The summed E-state index contributed by atoms with van der Waals surface area (Å²) in [5, 5.41) is 6.95. The minimum Gasteiger partial charge on any atom is -0.368 e. The summed E-state index contributed by atoms with van der Waals surface area (Å²) in [5.41, 5.74) is 3.55. The smallest absolute Gasteiger partial charge is 0.0646 e. The second-order valence-electron chi connectivity index (χ2n) is 5.47. The summed E-state index contributed by atoms with van der Waals surface area (Å²) < 4.78 is 1.10. The molecule has 0 aromatic heterocycles. The minimum absolute atomic E-state index is 0.961. The molecule has 114 valence electrons. The van der Waals surface area contributed by atoms with Crippen LogP contribution in [0.5, 0.6) is 0 Å². The lowest BCUT2D eigenvalue weighted by Crippen LogP contribution is -2.44. The molecule has 1 fully saturated rings. The zero-order valence-corrected chi connectivity index (χ0v) is 14.3. The molecule has 0 saturated carbocycles. The lowest BCUT2D eigenvalue weighted by Gasteiger charge is -2.34. The third kappa shape index (κ3) is 3.69. The predicted octanol–water partition coefficient (Wildman–Crippen LogP) is 4.00. The Labute approximate surface area is 140 Å². The molecule has 0 N–H and O–H groups in total. The van der Waals surface area contributed by atoms with Gasteiger partial charge in [-0.1, -0.05) is 46.3 Å². The van der Waals surface area contributed by atoms with E-state index in [0.717, 1.165) is 36.4 Å². The van der Waals surface area contributed by atoms with Gasteiger partial charge in [0.15, 0.2) is 0 Å². The molecule has 1 heterocycles. The van der Waals surface area contributed by atoms with E-state index in [9.17, 15) is 0 Å². The largest absolute Gasteiger partial charge is 0.368 e. The van der Waals surface area contributed by atoms with Crippen molar-refractivity contribution in [2.75, 3.05) is 31.1 Å². The van der Waals surface area contributed by atoms with Gasteiger partial charge in [-0.05, 0) is 36.8 Å². The molecule has 2 aromatic carbocycles. The van der Waals surface area contributed by atoms with Crippen molar-refractivity contribution in [3.63, 3.8) is 0 Å². The summed E-state index contributed by atoms with van der Waals surface area (Å²) in [6.07, 6.45) is 0. The summed E-state index contributed by atoms with van der Waals surface area (Å²) in [7, 11) is 0. The standard InChI is InChI=1S/C18H20BrN3/c1-15(16-7-9-17(19)10-8-16)20-22-13-11-21(12-14-22)18-5-3-2-4-6-18/h2-10H,11-14H2,1H3/b20-15-. The fourth-order valence-electron chi connectivity index (χ4n) is 2.65. The van der Waals surface area contributed by atoms with Crippen LogP contribution in [0.2, 0.25) is 0 Å². The zero-order valence-electron chi connectivity index (χ0n) is 12.7. The number of nitrogens with zero attached hydrogens (tertiary/aromatic N) is 3. The number of rotatable bonds is 3. The van der Waals surface area contributed by atoms with Crippen LogP contribution in [0.25, 0.3) is 0 Å². The first kappa shape index (κ1) is 15.1. The molecule has 1 saturated heterocycles. The van der Waals surface area contributed by atoms with Gasteiger partial charge in [0, 0.05) is 23.2 Å². The Kier molecular flexibility index (Phi) is 4.78. The molecule has 3 nitrogen and oxygen atoms in total. The topological polar surface area (TPSA) is 18.8 Å². The van der Waals surface area contributed by atoms with Crippen LogP contribution in [0.3, 0.4) is 0 Å². The lowest BCUT2D eigenvalue weighted by atomic mass is 10.1. The number of piperazine rings is 1. The molecule has 1 aliphatic rings. The molecule has 3 rings (SSSR count). The minimum atomic E-state index is 0.961. The van der Waals surface area contributed by atoms with E-state index in [2.05, 4.69) is 87.4 Å². The van der Waals surface area contributed by atoms with Crippen molar-refractivity contribution in [2.45, 2.75) is 6.92 Å². The maximum atomic E-state index is 4.77. The zero-order chi connectivity index (χ0) is 15.4. The van der Waals surface area contributed by atoms with Crippen LogP contribution >= 0.6 is 15.9 Å². The molecular formula is C18H20BrN3. The van der Waals surface area contributed by atoms with Gasteiger partial charge >= 0.3 is 0 Å². The van der Waals surface area contributed by atoms with E-state index in [4.69, 9.17) is 5.10 Å². The van der Waals surface area contributed by atoms with Crippen LogP contribution in [0.1, 0.15) is 12.5 Å². The first-order valence-corrected chi connectivity index (χ1v) is 8.38. The van der Waals surface area contributed by atoms with Crippen LogP contribution in [-0.4, -0.2) is 36.9 Å². The second kappa shape index (κ2) is 6.97. The third-order valence-electron chi connectivity index (χ3n) is 3.93. The van der Waals surface area contributed by atoms with Crippen LogP contribution in [0.15, 0.2) is 64.2 Å². The molecule has 1 aliphatic heterocycles. The fraction of sp³-hybridized carbons (Fsp3) is 0.278.